The van der Waals surface area contributed by atoms with Gasteiger partial charge in [0.15, 0.2) is 0 Å². The molecule has 1 aliphatic heterocycles. The molecule has 4 heterocycles. The van der Waals surface area contributed by atoms with Crippen LogP contribution in [0.3, 0.4) is 0 Å². The zero-order chi connectivity index (χ0) is 22.4. The van der Waals surface area contributed by atoms with Gasteiger partial charge in [0.2, 0.25) is 5.82 Å². The number of rotatable bonds is 4. The first-order valence-electron chi connectivity index (χ1n) is 11.0. The highest BCUT2D eigenvalue weighted by Gasteiger charge is 2.37. The summed E-state index contributed by atoms with van der Waals surface area (Å²) in [7, 11) is 0. The number of fused-ring (bicyclic) bond motifs is 4. The fourth-order valence-corrected chi connectivity index (χ4v) is 4.73. The molecule has 0 bridgehead atoms. The highest BCUT2D eigenvalue weighted by molar-refractivity contribution is 5.93. The number of aromatic amines is 1. The lowest BCUT2D eigenvalue weighted by Gasteiger charge is -2.36. The van der Waals surface area contributed by atoms with E-state index in [0.29, 0.717) is 18.9 Å². The van der Waals surface area contributed by atoms with Crippen LogP contribution >= 0.6 is 0 Å². The maximum atomic E-state index is 13.8. The first kappa shape index (κ1) is 19.5. The molecule has 33 heavy (non-hydrogen) atoms. The maximum absolute atomic E-state index is 13.8. The van der Waals surface area contributed by atoms with E-state index < -0.39 is 0 Å². The molecule has 164 valence electrons. The Kier molecular flexibility index (Phi) is 4.57. The first-order chi connectivity index (χ1) is 16.2. The average molecular weight is 438 g/mol. The van der Waals surface area contributed by atoms with Crippen LogP contribution in [-0.4, -0.2) is 48.5 Å². The monoisotopic (exact) mass is 438 g/mol. The molecule has 0 unspecified atom stereocenters. The number of ether oxygens (including phenoxy) is 1. The summed E-state index contributed by atoms with van der Waals surface area (Å²) in [4.78, 5) is 27.8. The van der Waals surface area contributed by atoms with Gasteiger partial charge in [-0.2, -0.15) is 4.98 Å². The molecule has 1 amide bonds. The minimum Gasteiger partial charge on any atom is -0.494 e. The predicted molar refractivity (Wildman–Crippen MR) is 123 cm³/mol. The number of H-pyrrole nitrogens is 1. The summed E-state index contributed by atoms with van der Waals surface area (Å²) in [6.07, 6.45) is 4.11. The predicted octanol–water partition coefficient (Wildman–Crippen LogP) is 3.79. The minimum absolute atomic E-state index is 0.132. The normalized spacial score (nSPS) is 15.7. The van der Waals surface area contributed by atoms with Crippen molar-refractivity contribution in [3.8, 4) is 5.75 Å². The molecular formula is C25H22N6O2. The van der Waals surface area contributed by atoms with Crippen LogP contribution in [-0.2, 0) is 6.42 Å². The molecule has 0 saturated carbocycles. The Morgan fingerprint density at radius 3 is 2.88 bits per heavy atom. The molecule has 0 saturated heterocycles. The zero-order valence-electron chi connectivity index (χ0n) is 18.1. The van der Waals surface area contributed by atoms with Crippen molar-refractivity contribution in [1.29, 1.82) is 0 Å². The van der Waals surface area contributed by atoms with E-state index in [1.54, 1.807) is 18.5 Å². The van der Waals surface area contributed by atoms with Crippen LogP contribution in [0.4, 0.5) is 0 Å². The topological polar surface area (TPSA) is 88.4 Å². The van der Waals surface area contributed by atoms with E-state index in [9.17, 15) is 4.79 Å². The smallest absolute Gasteiger partial charge is 0.294 e. The Morgan fingerprint density at radius 2 is 2.00 bits per heavy atom. The van der Waals surface area contributed by atoms with E-state index in [0.717, 1.165) is 28.9 Å². The van der Waals surface area contributed by atoms with Gasteiger partial charge in [-0.15, -0.1) is 5.10 Å². The largest absolute Gasteiger partial charge is 0.494 e. The van der Waals surface area contributed by atoms with E-state index in [-0.39, 0.29) is 17.8 Å². The van der Waals surface area contributed by atoms with Gasteiger partial charge >= 0.3 is 0 Å². The molecule has 6 rings (SSSR count). The van der Waals surface area contributed by atoms with Gasteiger partial charge < -0.3 is 14.6 Å². The highest BCUT2D eigenvalue weighted by Crippen LogP contribution is 2.41. The van der Waals surface area contributed by atoms with Gasteiger partial charge in [-0.3, -0.25) is 4.79 Å². The third-order valence-corrected chi connectivity index (χ3v) is 6.12. The number of hydrogen-bond acceptors (Lipinski definition) is 5. The lowest BCUT2D eigenvalue weighted by Crippen LogP contribution is -2.41. The molecular weight excluding hydrogens is 416 g/mol. The van der Waals surface area contributed by atoms with Crippen molar-refractivity contribution in [3.63, 3.8) is 0 Å². The Balaban J connectivity index is 1.52. The summed E-state index contributed by atoms with van der Waals surface area (Å²) in [6, 6.07) is 17.6. The summed E-state index contributed by atoms with van der Waals surface area (Å²) < 4.78 is 7.49. The Morgan fingerprint density at radius 1 is 1.15 bits per heavy atom. The molecule has 1 N–H and O–H groups in total. The molecule has 3 aromatic heterocycles. The van der Waals surface area contributed by atoms with Gasteiger partial charge in [0.25, 0.3) is 11.7 Å². The van der Waals surface area contributed by atoms with Crippen LogP contribution in [0.1, 0.15) is 40.4 Å². The molecule has 0 radical (unpaired) electrons. The third-order valence-electron chi connectivity index (χ3n) is 6.12. The SMILES string of the molecule is CCOc1ccccc1[C@@H]1c2[nH]c3ccccc3c2CCN1C(=O)c1nc2ncccn2n1. The maximum Gasteiger partial charge on any atom is 0.294 e. The van der Waals surface area contributed by atoms with Gasteiger partial charge in [0.1, 0.15) is 11.8 Å². The summed E-state index contributed by atoms with van der Waals surface area (Å²) in [5.41, 5.74) is 4.23. The summed E-state index contributed by atoms with van der Waals surface area (Å²) in [5, 5.41) is 5.57. The Bertz CT molecular complexity index is 1450. The lowest BCUT2D eigenvalue weighted by molar-refractivity contribution is 0.0677. The number of nitrogens with one attached hydrogen (secondary N) is 1. The van der Waals surface area contributed by atoms with Crippen molar-refractivity contribution in [2.75, 3.05) is 13.2 Å². The van der Waals surface area contributed by atoms with Crippen molar-refractivity contribution in [2.24, 2.45) is 0 Å². The van der Waals surface area contributed by atoms with Crippen LogP contribution < -0.4 is 4.74 Å². The quantitative estimate of drug-likeness (QED) is 0.461. The first-order valence-corrected chi connectivity index (χ1v) is 11.0. The fourth-order valence-electron chi connectivity index (χ4n) is 4.73. The van der Waals surface area contributed by atoms with Crippen LogP contribution in [0.25, 0.3) is 16.7 Å². The molecule has 8 nitrogen and oxygen atoms in total. The lowest BCUT2D eigenvalue weighted by atomic mass is 9.91. The average Bonchev–Trinajstić information content (AvgIpc) is 3.45. The van der Waals surface area contributed by atoms with E-state index in [1.165, 1.54) is 15.5 Å². The third kappa shape index (κ3) is 3.14. The van der Waals surface area contributed by atoms with Gasteiger partial charge in [-0.05, 0) is 37.1 Å². The second-order valence-electron chi connectivity index (χ2n) is 7.98. The van der Waals surface area contributed by atoms with Crippen LogP contribution in [0.5, 0.6) is 5.75 Å². The number of carbonyl (C=O) groups excluding carboxylic acids is 1. The Hall–Kier alpha value is -4.20. The van der Waals surface area contributed by atoms with Crippen molar-refractivity contribution >= 4 is 22.6 Å². The molecule has 1 aliphatic rings. The number of aromatic nitrogens is 5. The fraction of sp³-hybridized carbons (Fsp3) is 0.200. The van der Waals surface area contributed by atoms with E-state index in [2.05, 4.69) is 32.2 Å². The van der Waals surface area contributed by atoms with E-state index in [4.69, 9.17) is 4.74 Å². The molecule has 0 aliphatic carbocycles. The second kappa shape index (κ2) is 7.74. The molecule has 8 heteroatoms. The van der Waals surface area contributed by atoms with Gasteiger partial charge in [0.05, 0.1) is 6.61 Å². The number of nitrogens with zero attached hydrogens (tertiary/aromatic N) is 5. The van der Waals surface area contributed by atoms with Crippen molar-refractivity contribution < 1.29 is 9.53 Å². The van der Waals surface area contributed by atoms with Crippen molar-refractivity contribution in [1.82, 2.24) is 29.5 Å². The van der Waals surface area contributed by atoms with Crippen molar-refractivity contribution in [2.45, 2.75) is 19.4 Å². The standard InChI is InChI=1S/C25H22N6O2/c1-2-33-20-11-6-4-9-18(20)22-21-17(16-8-3-5-10-19(16)27-21)12-15-30(22)24(32)23-28-25-26-13-7-14-31(25)29-23/h3-11,13-14,22,27H,2,12,15H2,1H3/t22-/m1/s1. The molecule has 5 aromatic rings. The van der Waals surface area contributed by atoms with Crippen LogP contribution in [0.2, 0.25) is 0 Å². The molecule has 0 spiro atoms. The summed E-state index contributed by atoms with van der Waals surface area (Å²) in [5.74, 6) is 1.06. The van der Waals surface area contributed by atoms with Crippen LogP contribution in [0, 0.1) is 0 Å². The van der Waals surface area contributed by atoms with Gasteiger partial charge in [-0.1, -0.05) is 36.4 Å². The molecule has 0 fully saturated rings. The zero-order valence-corrected chi connectivity index (χ0v) is 18.1. The number of hydrogen-bond donors (Lipinski definition) is 1. The second-order valence-corrected chi connectivity index (χ2v) is 7.98. The van der Waals surface area contributed by atoms with Gasteiger partial charge in [0, 0.05) is 41.1 Å². The van der Waals surface area contributed by atoms with Crippen molar-refractivity contribution in [3.05, 3.63) is 89.6 Å². The minimum atomic E-state index is -0.351. The number of para-hydroxylation sites is 2. The molecule has 1 atom stereocenters. The molecule has 2 aromatic carbocycles. The number of benzene rings is 2. The highest BCUT2D eigenvalue weighted by atomic mass is 16.5. The van der Waals surface area contributed by atoms with Gasteiger partial charge in [-0.25, -0.2) is 9.50 Å². The summed E-state index contributed by atoms with van der Waals surface area (Å²) >= 11 is 0. The number of carbonyl (C=O) groups is 1. The van der Waals surface area contributed by atoms with Crippen LogP contribution in [0.15, 0.2) is 67.0 Å². The Labute approximate surface area is 189 Å². The summed E-state index contributed by atoms with van der Waals surface area (Å²) in [6.45, 7) is 3.04. The van der Waals surface area contributed by atoms with E-state index >= 15 is 0 Å². The van der Waals surface area contributed by atoms with E-state index in [1.807, 2.05) is 48.2 Å². The number of amides is 1.